The highest BCUT2D eigenvalue weighted by Gasteiger charge is 2.23. The average molecular weight is 271 g/mol. The van der Waals surface area contributed by atoms with E-state index in [1.807, 2.05) is 13.8 Å². The molecule has 1 aliphatic rings. The fraction of sp³-hybridized carbons (Fsp3) is 0.929. The summed E-state index contributed by atoms with van der Waals surface area (Å²) in [6, 6.07) is 0. The molecule has 112 valence electrons. The van der Waals surface area contributed by atoms with E-state index in [0.717, 1.165) is 45.2 Å². The highest BCUT2D eigenvalue weighted by Crippen LogP contribution is 2.24. The molecule has 0 aromatic carbocycles. The number of nitrogens with zero attached hydrogens (tertiary/aromatic N) is 1. The van der Waals surface area contributed by atoms with Gasteiger partial charge < -0.3 is 21.4 Å². The van der Waals surface area contributed by atoms with E-state index in [1.54, 1.807) is 0 Å². The molecule has 5 nitrogen and oxygen atoms in total. The lowest BCUT2D eigenvalue weighted by Gasteiger charge is -2.26. The number of aliphatic hydroxyl groups excluding tert-OH is 1. The van der Waals surface area contributed by atoms with Gasteiger partial charge in [0.15, 0.2) is 0 Å². The summed E-state index contributed by atoms with van der Waals surface area (Å²) in [5, 5.41) is 24.8. The monoisotopic (exact) mass is 271 g/mol. The molecule has 0 aromatic heterocycles. The summed E-state index contributed by atoms with van der Waals surface area (Å²) in [6.07, 6.45) is 6.05. The van der Waals surface area contributed by atoms with Gasteiger partial charge >= 0.3 is 0 Å². The van der Waals surface area contributed by atoms with E-state index in [9.17, 15) is 5.11 Å². The maximum atomic E-state index is 9.60. The lowest BCUT2D eigenvalue weighted by atomic mass is 9.86. The van der Waals surface area contributed by atoms with Gasteiger partial charge in [0.2, 0.25) is 0 Å². The molecule has 2 atom stereocenters. The zero-order valence-electron chi connectivity index (χ0n) is 12.2. The van der Waals surface area contributed by atoms with Crippen LogP contribution in [-0.2, 0) is 0 Å². The van der Waals surface area contributed by atoms with Crippen molar-refractivity contribution >= 4 is 5.84 Å². The van der Waals surface area contributed by atoms with Gasteiger partial charge in [0.25, 0.3) is 0 Å². The van der Waals surface area contributed by atoms with Crippen molar-refractivity contribution in [3.05, 3.63) is 0 Å². The van der Waals surface area contributed by atoms with E-state index in [1.165, 1.54) is 6.42 Å². The third-order valence-corrected chi connectivity index (χ3v) is 4.14. The number of oxime groups is 1. The zero-order chi connectivity index (χ0) is 14.3. The molecular formula is C14H29N3O2. The van der Waals surface area contributed by atoms with Crippen LogP contribution in [0.15, 0.2) is 5.16 Å². The molecule has 5 N–H and O–H groups in total. The van der Waals surface area contributed by atoms with Crippen molar-refractivity contribution in [2.24, 2.45) is 22.2 Å². The molecule has 1 saturated carbocycles. The number of amidine groups is 1. The number of rotatable bonds is 7. The first kappa shape index (κ1) is 16.2. The Morgan fingerprint density at radius 3 is 2.79 bits per heavy atom. The van der Waals surface area contributed by atoms with Crippen LogP contribution in [0, 0.1) is 11.3 Å². The summed E-state index contributed by atoms with van der Waals surface area (Å²) in [5.74, 6) is 0.906. The van der Waals surface area contributed by atoms with Crippen molar-refractivity contribution in [3.63, 3.8) is 0 Å². The fourth-order valence-electron chi connectivity index (χ4n) is 2.67. The Balaban J connectivity index is 2.11. The maximum absolute atomic E-state index is 9.60. The summed E-state index contributed by atoms with van der Waals surface area (Å²) in [6.45, 7) is 5.90. The molecule has 2 unspecified atom stereocenters. The number of hydrogen-bond acceptors (Lipinski definition) is 4. The van der Waals surface area contributed by atoms with Crippen LogP contribution in [-0.4, -0.2) is 35.3 Å². The smallest absolute Gasteiger partial charge is 0.144 e. The molecule has 0 heterocycles. The van der Waals surface area contributed by atoms with Crippen molar-refractivity contribution in [3.8, 4) is 0 Å². The summed E-state index contributed by atoms with van der Waals surface area (Å²) in [7, 11) is 0. The zero-order valence-corrected chi connectivity index (χ0v) is 12.2. The largest absolute Gasteiger partial charge is 0.409 e. The van der Waals surface area contributed by atoms with Gasteiger partial charge in [0.05, 0.1) is 6.10 Å². The summed E-state index contributed by atoms with van der Waals surface area (Å²) >= 11 is 0. The molecule has 1 fully saturated rings. The second kappa shape index (κ2) is 7.70. The summed E-state index contributed by atoms with van der Waals surface area (Å²) in [5.41, 5.74) is 5.40. The first-order chi connectivity index (χ1) is 8.95. The third-order valence-electron chi connectivity index (χ3n) is 4.14. The molecule has 0 spiro atoms. The fourth-order valence-corrected chi connectivity index (χ4v) is 2.67. The lowest BCUT2D eigenvalue weighted by molar-refractivity contribution is 0.101. The van der Waals surface area contributed by atoms with Crippen LogP contribution in [0.4, 0.5) is 0 Å². The minimum atomic E-state index is -0.253. The predicted molar refractivity (Wildman–Crippen MR) is 77.3 cm³/mol. The van der Waals surface area contributed by atoms with Crippen LogP contribution in [0.25, 0.3) is 0 Å². The molecule has 0 radical (unpaired) electrons. The van der Waals surface area contributed by atoms with Crippen LogP contribution in [0.1, 0.15) is 52.4 Å². The number of nitrogens with one attached hydrogen (secondary N) is 1. The van der Waals surface area contributed by atoms with Crippen molar-refractivity contribution < 1.29 is 10.3 Å². The van der Waals surface area contributed by atoms with Gasteiger partial charge in [-0.1, -0.05) is 25.4 Å². The van der Waals surface area contributed by atoms with Crippen molar-refractivity contribution in [2.45, 2.75) is 58.5 Å². The first-order valence-corrected chi connectivity index (χ1v) is 7.32. The Hall–Kier alpha value is -0.810. The van der Waals surface area contributed by atoms with Crippen LogP contribution in [0.5, 0.6) is 0 Å². The molecule has 1 aliphatic carbocycles. The third kappa shape index (κ3) is 5.78. The van der Waals surface area contributed by atoms with E-state index in [4.69, 9.17) is 10.9 Å². The number of aliphatic hydroxyl groups is 1. The molecule has 5 heteroatoms. The lowest BCUT2D eigenvalue weighted by Crippen LogP contribution is -2.33. The summed E-state index contributed by atoms with van der Waals surface area (Å²) in [4.78, 5) is 0. The van der Waals surface area contributed by atoms with Crippen molar-refractivity contribution in [1.82, 2.24) is 5.32 Å². The molecule has 0 aliphatic heterocycles. The Bertz CT molecular complexity index is 292. The van der Waals surface area contributed by atoms with E-state index >= 15 is 0 Å². The van der Waals surface area contributed by atoms with Crippen LogP contribution >= 0.6 is 0 Å². The van der Waals surface area contributed by atoms with Crippen LogP contribution in [0.2, 0.25) is 0 Å². The molecular weight excluding hydrogens is 242 g/mol. The maximum Gasteiger partial charge on any atom is 0.144 e. The molecule has 0 amide bonds. The highest BCUT2D eigenvalue weighted by molar-refractivity contribution is 5.85. The Morgan fingerprint density at radius 1 is 1.42 bits per heavy atom. The second-order valence-corrected chi connectivity index (χ2v) is 6.36. The first-order valence-electron chi connectivity index (χ1n) is 7.32. The number of hydrogen-bond donors (Lipinski definition) is 4. The summed E-state index contributed by atoms with van der Waals surface area (Å²) < 4.78 is 0. The standard InChI is InChI=1S/C14H29N3O2/c1-14(2,13(15)17-19)7-4-8-16-10-11-5-3-6-12(18)9-11/h11-12,16,18-19H,3-10H2,1-2H3,(H2,15,17). The average Bonchev–Trinajstić information content (AvgIpc) is 2.37. The van der Waals surface area contributed by atoms with Gasteiger partial charge in [-0.25, -0.2) is 0 Å². The Morgan fingerprint density at radius 2 is 2.16 bits per heavy atom. The SMILES string of the molecule is CC(C)(CCCNCC1CCCC(O)C1)C(N)=NO. The predicted octanol–water partition coefficient (Wildman–Crippen LogP) is 1.68. The molecule has 0 bridgehead atoms. The second-order valence-electron chi connectivity index (χ2n) is 6.36. The van der Waals surface area contributed by atoms with Gasteiger partial charge in [-0.15, -0.1) is 0 Å². The van der Waals surface area contributed by atoms with Gasteiger partial charge in [0.1, 0.15) is 5.84 Å². The van der Waals surface area contributed by atoms with Gasteiger partial charge in [0, 0.05) is 5.41 Å². The van der Waals surface area contributed by atoms with E-state index in [-0.39, 0.29) is 11.5 Å². The van der Waals surface area contributed by atoms with Crippen LogP contribution < -0.4 is 11.1 Å². The van der Waals surface area contributed by atoms with E-state index in [0.29, 0.717) is 11.8 Å². The minimum absolute atomic E-state index is 0.0972. The van der Waals surface area contributed by atoms with Crippen LogP contribution in [0.3, 0.4) is 0 Å². The number of nitrogens with two attached hydrogens (primary N) is 1. The molecule has 0 saturated heterocycles. The Labute approximate surface area is 116 Å². The topological polar surface area (TPSA) is 90.9 Å². The minimum Gasteiger partial charge on any atom is -0.409 e. The molecule has 1 rings (SSSR count). The van der Waals surface area contributed by atoms with Gasteiger partial charge in [-0.3, -0.25) is 0 Å². The molecule has 0 aromatic rings. The molecule has 19 heavy (non-hydrogen) atoms. The normalized spacial score (nSPS) is 25.5. The Kier molecular flexibility index (Phi) is 6.58. The van der Waals surface area contributed by atoms with E-state index in [2.05, 4.69) is 10.5 Å². The van der Waals surface area contributed by atoms with Gasteiger partial charge in [-0.05, 0) is 51.1 Å². The van der Waals surface area contributed by atoms with Crippen molar-refractivity contribution in [2.75, 3.05) is 13.1 Å². The quantitative estimate of drug-likeness (QED) is 0.186. The van der Waals surface area contributed by atoms with Crippen molar-refractivity contribution in [1.29, 1.82) is 0 Å². The van der Waals surface area contributed by atoms with E-state index < -0.39 is 0 Å². The highest BCUT2D eigenvalue weighted by atomic mass is 16.4. The van der Waals surface area contributed by atoms with Gasteiger partial charge in [-0.2, -0.15) is 0 Å².